The van der Waals surface area contributed by atoms with Gasteiger partial charge < -0.3 is 43.1 Å². The summed E-state index contributed by atoms with van der Waals surface area (Å²) in [6.45, 7) is 39.1. The first-order chi connectivity index (χ1) is 56.6. The van der Waals surface area contributed by atoms with Crippen molar-refractivity contribution in [2.45, 2.75) is 198 Å². The highest BCUT2D eigenvalue weighted by atomic mass is 32.2. The summed E-state index contributed by atoms with van der Waals surface area (Å²) >= 11 is 7.25. The standard InChI is InChI=1S/C22H27F3O2S.C21H38O2SSi.C20H23F3O2S.C15H24O2S.C7H5F3O.4CO2/c1-4-12-26-21-11-10-20(13-16(21)3)28-15-17(5-2)14-27-19-8-6-18(7-9-19)22(23,24)25;1-9-13-22-20-12-11-19(14-17(20)3)24-16-18(10-2)15-23-25(7,8)21(4,5)6;1-4-15(13-26-18-9-10-19(24-3)14(2)11-18)12-25-17-7-5-16(6-8-17)20(21,22)23;1-4-8-17-15-7-6-14(9-12(15)3)18-11-13(5-2)10-16;8-7(9,10)5-1-3-6(11)4-2-5;4*2-1-3/h6-11,13,17H,4-5,12,14-15H2,1-3H3;11-12,14,18H,9-10,13,15-16H2,1-8H3;5-11,15H,4,12-13H2,1-3H3;6-7,9,13,16H,4-5,8,10-11H2,1-3H3;1-4,11H;;;;/t17-;18-;15-;13-;;;;;/m1111...../s1. The predicted molar refractivity (Wildman–Crippen MR) is 454 cm³/mol. The van der Waals surface area contributed by atoms with Crippen LogP contribution in [0.2, 0.25) is 18.1 Å². The van der Waals surface area contributed by atoms with Crippen LogP contribution in [0.3, 0.4) is 0 Å². The van der Waals surface area contributed by atoms with Crippen molar-refractivity contribution in [1.82, 2.24) is 0 Å². The Bertz CT molecular complexity index is 4000. The molecule has 0 saturated heterocycles. The number of hydrogen-bond acceptors (Lipinski definition) is 21. The van der Waals surface area contributed by atoms with Crippen LogP contribution in [-0.4, -0.2) is 120 Å². The second-order valence-electron chi connectivity index (χ2n) is 28.1. The van der Waals surface area contributed by atoms with Crippen LogP contribution in [0.5, 0.6) is 40.2 Å². The lowest BCUT2D eigenvalue weighted by atomic mass is 10.1. The maximum atomic E-state index is 12.6. The summed E-state index contributed by atoms with van der Waals surface area (Å²) in [4.78, 5) is 69.9. The first kappa shape index (κ1) is 114. The van der Waals surface area contributed by atoms with Gasteiger partial charge in [-0.1, -0.05) is 82.1 Å². The Hall–Kier alpha value is -8.43. The number of halogens is 9. The Morgan fingerprint density at radius 2 is 0.625 bits per heavy atom. The molecule has 0 unspecified atom stereocenters. The lowest BCUT2D eigenvalue weighted by molar-refractivity contribution is -0.193. The monoisotopic (exact) mass is 1780 g/mol. The minimum Gasteiger partial charge on any atom is -0.508 e. The topological polar surface area (TPSA) is 242 Å². The molecule has 0 radical (unpaired) electrons. The average Bonchev–Trinajstić information content (AvgIpc) is 0.840. The number of aliphatic hydroxyl groups excluding tert-OH is 1. The van der Waals surface area contributed by atoms with Crippen molar-refractivity contribution < 1.29 is 121 Å². The Kier molecular flexibility index (Phi) is 60.1. The number of aromatic hydroxyl groups is 1. The van der Waals surface area contributed by atoms with Crippen molar-refractivity contribution >= 4 is 80.0 Å². The molecule has 0 bridgehead atoms. The third kappa shape index (κ3) is 50.1. The number of phenolic OH excluding ortho intramolecular Hbond substituents is 1. The summed E-state index contributed by atoms with van der Waals surface area (Å²) in [6.07, 6.45) is -4.85. The molecule has 7 rings (SSSR count). The minimum atomic E-state index is -4.33. The number of rotatable bonds is 36. The Morgan fingerprint density at radius 1 is 0.375 bits per heavy atom. The minimum absolute atomic E-state index is 0.169. The molecule has 4 atom stereocenters. The maximum absolute atomic E-state index is 12.6. The molecule has 0 aliphatic carbocycles. The lowest BCUT2D eigenvalue weighted by Crippen LogP contribution is -2.42. The Balaban J connectivity index is 0. The van der Waals surface area contributed by atoms with Gasteiger partial charge in [0, 0.05) is 67.6 Å². The molecular formula is C89H117F9O17S4Si. The number of alkyl halides is 9. The molecular weight excluding hydrogens is 1670 g/mol. The van der Waals surface area contributed by atoms with Crippen molar-refractivity contribution in [1.29, 1.82) is 0 Å². The third-order valence-electron chi connectivity index (χ3n) is 17.7. The predicted octanol–water partition coefficient (Wildman–Crippen LogP) is 24.1. The molecule has 17 nitrogen and oxygen atoms in total. The molecule has 0 aromatic heterocycles. The van der Waals surface area contributed by atoms with Crippen LogP contribution in [0.4, 0.5) is 39.5 Å². The molecule has 0 aliphatic rings. The number of ether oxygens (including phenoxy) is 6. The van der Waals surface area contributed by atoms with E-state index in [9.17, 15) is 39.5 Å². The van der Waals surface area contributed by atoms with Crippen LogP contribution in [0.1, 0.15) is 153 Å². The van der Waals surface area contributed by atoms with E-state index in [1.807, 2.05) is 61.6 Å². The molecule has 7 aromatic rings. The summed E-state index contributed by atoms with van der Waals surface area (Å²) in [6, 6.07) is 38.5. The highest BCUT2D eigenvalue weighted by Crippen LogP contribution is 2.39. The van der Waals surface area contributed by atoms with Crippen molar-refractivity contribution in [2.75, 3.05) is 76.4 Å². The van der Waals surface area contributed by atoms with E-state index in [0.29, 0.717) is 55.0 Å². The van der Waals surface area contributed by atoms with Crippen LogP contribution in [0.15, 0.2) is 165 Å². The van der Waals surface area contributed by atoms with E-state index < -0.39 is 43.5 Å². The number of hydrogen-bond donors (Lipinski definition) is 2. The van der Waals surface area contributed by atoms with Crippen LogP contribution < -0.4 is 28.4 Å². The molecule has 0 heterocycles. The van der Waals surface area contributed by atoms with Gasteiger partial charge >= 0.3 is 43.1 Å². The molecule has 666 valence electrons. The van der Waals surface area contributed by atoms with Gasteiger partial charge in [-0.15, -0.1) is 47.0 Å². The van der Waals surface area contributed by atoms with E-state index >= 15 is 0 Å². The van der Waals surface area contributed by atoms with Crippen LogP contribution in [0, 0.1) is 51.4 Å². The van der Waals surface area contributed by atoms with Crippen LogP contribution in [-0.2, 0) is 61.3 Å². The number of benzene rings is 7. The fraction of sp³-hybridized carbons (Fsp3) is 0.483. The zero-order valence-electron chi connectivity index (χ0n) is 71.4. The number of thioether (sulfide) groups is 4. The van der Waals surface area contributed by atoms with Crippen molar-refractivity contribution in [3.8, 4) is 40.2 Å². The van der Waals surface area contributed by atoms with E-state index in [1.54, 1.807) is 30.6 Å². The number of phenols is 1. The lowest BCUT2D eigenvalue weighted by Gasteiger charge is -2.37. The fourth-order valence-electron chi connectivity index (χ4n) is 9.31. The highest BCUT2D eigenvalue weighted by Gasteiger charge is 2.38. The van der Waals surface area contributed by atoms with Crippen molar-refractivity contribution in [2.24, 2.45) is 23.7 Å². The molecule has 0 amide bonds. The van der Waals surface area contributed by atoms with E-state index in [-0.39, 0.29) is 42.0 Å². The molecule has 0 fully saturated rings. The second kappa shape index (κ2) is 63.5. The molecule has 0 saturated carbocycles. The molecule has 31 heteroatoms. The van der Waals surface area contributed by atoms with Gasteiger partial charge in [-0.05, 0) is 258 Å². The number of methoxy groups -OCH3 is 1. The van der Waals surface area contributed by atoms with E-state index in [0.717, 1.165) is 175 Å². The van der Waals surface area contributed by atoms with Gasteiger partial charge in [0.2, 0.25) is 0 Å². The Morgan fingerprint density at radius 3 is 0.850 bits per heavy atom. The molecule has 0 aliphatic heterocycles. The molecule has 0 spiro atoms. The summed E-state index contributed by atoms with van der Waals surface area (Å²) in [5, 5.41) is 18.1. The zero-order chi connectivity index (χ0) is 91.5. The summed E-state index contributed by atoms with van der Waals surface area (Å²) in [7, 11) is 0.00629. The van der Waals surface area contributed by atoms with Gasteiger partial charge in [0.05, 0.1) is 56.8 Å². The van der Waals surface area contributed by atoms with Gasteiger partial charge in [0.1, 0.15) is 40.2 Å². The third-order valence-corrected chi connectivity index (χ3v) is 27.1. The van der Waals surface area contributed by atoms with E-state index in [4.69, 9.17) is 81.4 Å². The average molecular weight is 1790 g/mol. The van der Waals surface area contributed by atoms with Gasteiger partial charge in [0.15, 0.2) is 8.32 Å². The smallest absolute Gasteiger partial charge is 0.416 e. The molecule has 2 N–H and O–H groups in total. The van der Waals surface area contributed by atoms with E-state index in [1.165, 1.54) is 50.1 Å². The first-order valence-electron chi connectivity index (χ1n) is 38.7. The number of aliphatic hydroxyl groups is 1. The number of carbonyl (C=O) groups excluding carboxylic acids is 8. The van der Waals surface area contributed by atoms with Gasteiger partial charge in [-0.3, -0.25) is 0 Å². The number of aryl methyl sites for hydroxylation is 4. The fourth-order valence-corrected chi connectivity index (χ4v) is 15.1. The summed E-state index contributed by atoms with van der Waals surface area (Å²) < 4.78 is 151. The van der Waals surface area contributed by atoms with Crippen LogP contribution in [0.25, 0.3) is 0 Å². The van der Waals surface area contributed by atoms with Crippen LogP contribution >= 0.6 is 47.0 Å². The zero-order valence-corrected chi connectivity index (χ0v) is 75.7. The normalized spacial score (nSPS) is 11.8. The van der Waals surface area contributed by atoms with Crippen molar-refractivity contribution in [3.05, 3.63) is 185 Å². The van der Waals surface area contributed by atoms with E-state index in [2.05, 4.69) is 145 Å². The summed E-state index contributed by atoms with van der Waals surface area (Å²) in [5.74, 6) is 10.0. The van der Waals surface area contributed by atoms with Crippen molar-refractivity contribution in [3.63, 3.8) is 0 Å². The largest absolute Gasteiger partial charge is 0.508 e. The maximum Gasteiger partial charge on any atom is 0.416 e. The first-order valence-corrected chi connectivity index (χ1v) is 45.5. The molecule has 120 heavy (non-hydrogen) atoms. The molecule has 7 aromatic carbocycles. The SMILES string of the molecule is CCCOc1ccc(SC[C@H](CC)CO)cc1C.CCCOc1ccc(SC[C@H](CC)CO[Si](C)(C)C(C)(C)C)cc1C.CCCOc1ccc(SC[C@H](CC)COc2ccc(C(F)(F)F)cc2)cc1C.CC[C@H](COc1ccc(C(F)(F)F)cc1)CSc1ccc(OC)c(C)c1.O=C=O.O=C=O.O=C=O.O=C=O.Oc1ccc(C(F)(F)F)cc1. The van der Waals surface area contributed by atoms with Gasteiger partial charge in [0.25, 0.3) is 0 Å². The highest BCUT2D eigenvalue weighted by molar-refractivity contribution is 8.00. The Labute approximate surface area is 719 Å². The van der Waals surface area contributed by atoms with Gasteiger partial charge in [-0.25, -0.2) is 0 Å². The summed E-state index contributed by atoms with van der Waals surface area (Å²) in [5.41, 5.74) is 2.54. The second-order valence-corrected chi connectivity index (χ2v) is 37.3. The quantitative estimate of drug-likeness (QED) is 0.0211. The van der Waals surface area contributed by atoms with Gasteiger partial charge in [-0.2, -0.15) is 77.9 Å².